The smallest absolute Gasteiger partial charge is 0.234 e. The average Bonchev–Trinajstić information content (AvgIpc) is 2.76. The summed E-state index contributed by atoms with van der Waals surface area (Å²) in [5.41, 5.74) is 1.80. The summed E-state index contributed by atoms with van der Waals surface area (Å²) in [6.45, 7) is 5.14. The Kier molecular flexibility index (Phi) is 8.04. The molecule has 0 bridgehead atoms. The molecule has 0 unspecified atom stereocenters. The van der Waals surface area contributed by atoms with Crippen LogP contribution in [0.4, 0.5) is 4.39 Å². The maximum absolute atomic E-state index is 13.6. The van der Waals surface area contributed by atoms with Crippen LogP contribution >= 0.6 is 0 Å². The van der Waals surface area contributed by atoms with Gasteiger partial charge in [0.1, 0.15) is 5.82 Å². The Bertz CT molecular complexity index is 838. The molecule has 3 rings (SSSR count). The number of carbonyl (C=O) groups is 1. The molecule has 1 amide bonds. The zero-order chi connectivity index (χ0) is 21.3. The van der Waals surface area contributed by atoms with Crippen molar-refractivity contribution in [2.75, 3.05) is 53.5 Å². The van der Waals surface area contributed by atoms with Crippen LogP contribution in [0, 0.1) is 5.82 Å². The summed E-state index contributed by atoms with van der Waals surface area (Å²) in [6.07, 6.45) is 0.498. The number of ether oxygens (including phenoxy) is 2. The van der Waals surface area contributed by atoms with E-state index in [0.717, 1.165) is 44.2 Å². The summed E-state index contributed by atoms with van der Waals surface area (Å²) in [6, 6.07) is 12.7. The molecule has 7 heteroatoms. The van der Waals surface area contributed by atoms with Crippen molar-refractivity contribution in [2.24, 2.45) is 0 Å². The molecule has 1 aliphatic rings. The van der Waals surface area contributed by atoms with E-state index in [1.165, 1.54) is 11.6 Å². The van der Waals surface area contributed by atoms with Gasteiger partial charge in [0.15, 0.2) is 11.5 Å². The molecule has 1 heterocycles. The van der Waals surface area contributed by atoms with E-state index in [4.69, 9.17) is 9.47 Å². The number of nitrogens with one attached hydrogen (secondary N) is 1. The van der Waals surface area contributed by atoms with E-state index in [-0.39, 0.29) is 11.7 Å². The van der Waals surface area contributed by atoms with Gasteiger partial charge in [-0.15, -0.1) is 0 Å². The molecule has 1 aliphatic heterocycles. The molecule has 0 aliphatic carbocycles. The van der Waals surface area contributed by atoms with Gasteiger partial charge in [0.25, 0.3) is 0 Å². The van der Waals surface area contributed by atoms with Crippen molar-refractivity contribution in [2.45, 2.75) is 13.0 Å². The van der Waals surface area contributed by atoms with Crippen LogP contribution in [0.3, 0.4) is 0 Å². The number of piperazine rings is 1. The quantitative estimate of drug-likeness (QED) is 0.681. The third-order valence-corrected chi connectivity index (χ3v) is 5.36. The fraction of sp³-hybridized carbons (Fsp3) is 0.435. The molecule has 0 radical (unpaired) electrons. The standard InChI is InChI=1S/C23H30FN3O3/c1-29-21-8-7-18(15-22(21)30-2)16-26-11-13-27(14-12-26)17-23(28)25-10-9-19-5-3-4-6-20(19)24/h3-8,15H,9-14,16-17H2,1-2H3,(H,25,28). The second-order valence-corrected chi connectivity index (χ2v) is 7.43. The lowest BCUT2D eigenvalue weighted by Gasteiger charge is -2.34. The molecular formula is C23H30FN3O3. The van der Waals surface area contributed by atoms with Gasteiger partial charge in [-0.3, -0.25) is 14.6 Å². The van der Waals surface area contributed by atoms with E-state index in [1.807, 2.05) is 18.2 Å². The Morgan fingerprint density at radius 3 is 2.40 bits per heavy atom. The molecule has 1 saturated heterocycles. The van der Waals surface area contributed by atoms with Gasteiger partial charge in [0.2, 0.25) is 5.91 Å². The summed E-state index contributed by atoms with van der Waals surface area (Å²) >= 11 is 0. The Balaban J connectivity index is 1.38. The van der Waals surface area contributed by atoms with Crippen LogP contribution in [0.15, 0.2) is 42.5 Å². The lowest BCUT2D eigenvalue weighted by atomic mass is 10.1. The van der Waals surface area contributed by atoms with Gasteiger partial charge in [-0.2, -0.15) is 0 Å². The van der Waals surface area contributed by atoms with E-state index in [9.17, 15) is 9.18 Å². The van der Waals surface area contributed by atoms with Crippen LogP contribution in [0.5, 0.6) is 11.5 Å². The van der Waals surface area contributed by atoms with Crippen molar-refractivity contribution >= 4 is 5.91 Å². The molecule has 0 spiro atoms. The lowest BCUT2D eigenvalue weighted by Crippen LogP contribution is -2.49. The highest BCUT2D eigenvalue weighted by Gasteiger charge is 2.19. The van der Waals surface area contributed by atoms with Gasteiger partial charge in [-0.25, -0.2) is 4.39 Å². The fourth-order valence-corrected chi connectivity index (χ4v) is 3.64. The van der Waals surface area contributed by atoms with Crippen LogP contribution < -0.4 is 14.8 Å². The number of amides is 1. The predicted octanol–water partition coefficient (Wildman–Crippen LogP) is 2.32. The van der Waals surface area contributed by atoms with Crippen LogP contribution in [0.25, 0.3) is 0 Å². The topological polar surface area (TPSA) is 54.0 Å². The first-order valence-electron chi connectivity index (χ1n) is 10.2. The number of nitrogens with zero attached hydrogens (tertiary/aromatic N) is 2. The van der Waals surface area contributed by atoms with Crippen molar-refractivity contribution in [3.63, 3.8) is 0 Å². The van der Waals surface area contributed by atoms with Gasteiger partial charge in [0.05, 0.1) is 20.8 Å². The number of hydrogen-bond acceptors (Lipinski definition) is 5. The van der Waals surface area contributed by atoms with Gasteiger partial charge >= 0.3 is 0 Å². The molecule has 6 nitrogen and oxygen atoms in total. The minimum atomic E-state index is -0.225. The third kappa shape index (κ3) is 6.18. The number of carbonyl (C=O) groups excluding carboxylic acids is 1. The lowest BCUT2D eigenvalue weighted by molar-refractivity contribution is -0.122. The van der Waals surface area contributed by atoms with Crippen LogP contribution in [0.1, 0.15) is 11.1 Å². The Hall–Kier alpha value is -2.64. The summed E-state index contributed by atoms with van der Waals surface area (Å²) in [5.74, 6) is 1.23. The molecule has 0 saturated carbocycles. The first-order chi connectivity index (χ1) is 14.6. The molecule has 0 atom stereocenters. The normalized spacial score (nSPS) is 15.0. The maximum Gasteiger partial charge on any atom is 0.234 e. The highest BCUT2D eigenvalue weighted by Crippen LogP contribution is 2.28. The number of halogens is 1. The zero-order valence-corrected chi connectivity index (χ0v) is 17.7. The molecule has 1 fully saturated rings. The van der Waals surface area contributed by atoms with Gasteiger partial charge in [-0.1, -0.05) is 24.3 Å². The van der Waals surface area contributed by atoms with Gasteiger partial charge in [-0.05, 0) is 35.7 Å². The zero-order valence-electron chi connectivity index (χ0n) is 17.7. The van der Waals surface area contributed by atoms with Crippen molar-refractivity contribution < 1.29 is 18.7 Å². The van der Waals surface area contributed by atoms with Crippen molar-refractivity contribution in [3.05, 3.63) is 59.4 Å². The Morgan fingerprint density at radius 1 is 1.00 bits per heavy atom. The predicted molar refractivity (Wildman–Crippen MR) is 114 cm³/mol. The molecule has 0 aromatic heterocycles. The number of benzene rings is 2. The number of rotatable bonds is 9. The molecular weight excluding hydrogens is 385 g/mol. The van der Waals surface area contributed by atoms with Crippen molar-refractivity contribution in [1.29, 1.82) is 0 Å². The Labute approximate surface area is 177 Å². The summed E-state index contributed by atoms with van der Waals surface area (Å²) < 4.78 is 24.3. The van der Waals surface area contributed by atoms with Crippen LogP contribution in [-0.2, 0) is 17.8 Å². The first-order valence-corrected chi connectivity index (χ1v) is 10.2. The molecule has 2 aromatic carbocycles. The maximum atomic E-state index is 13.6. The highest BCUT2D eigenvalue weighted by molar-refractivity contribution is 5.78. The van der Waals surface area contributed by atoms with Gasteiger partial charge in [0, 0.05) is 39.3 Å². The average molecular weight is 416 g/mol. The Morgan fingerprint density at radius 2 is 1.70 bits per heavy atom. The summed E-state index contributed by atoms with van der Waals surface area (Å²) in [4.78, 5) is 16.7. The number of hydrogen-bond donors (Lipinski definition) is 1. The van der Waals surface area contributed by atoms with Gasteiger partial charge < -0.3 is 14.8 Å². The molecule has 162 valence electrons. The van der Waals surface area contributed by atoms with Crippen molar-refractivity contribution in [1.82, 2.24) is 15.1 Å². The monoisotopic (exact) mass is 415 g/mol. The van der Waals surface area contributed by atoms with E-state index in [0.29, 0.717) is 25.1 Å². The molecule has 2 aromatic rings. The SMILES string of the molecule is COc1ccc(CN2CCN(CC(=O)NCCc3ccccc3F)CC2)cc1OC. The second kappa shape index (κ2) is 10.9. The minimum absolute atomic E-state index is 0.0142. The number of methoxy groups -OCH3 is 2. The van der Waals surface area contributed by atoms with Crippen LogP contribution in [0.2, 0.25) is 0 Å². The van der Waals surface area contributed by atoms with E-state index in [1.54, 1.807) is 26.4 Å². The second-order valence-electron chi connectivity index (χ2n) is 7.43. The fourth-order valence-electron chi connectivity index (χ4n) is 3.64. The molecule has 1 N–H and O–H groups in total. The third-order valence-electron chi connectivity index (χ3n) is 5.36. The summed E-state index contributed by atoms with van der Waals surface area (Å²) in [5, 5.41) is 2.89. The molecule has 30 heavy (non-hydrogen) atoms. The van der Waals surface area contributed by atoms with E-state index >= 15 is 0 Å². The first kappa shape index (κ1) is 22.1. The largest absolute Gasteiger partial charge is 0.493 e. The van der Waals surface area contributed by atoms with E-state index < -0.39 is 0 Å². The van der Waals surface area contributed by atoms with Crippen molar-refractivity contribution in [3.8, 4) is 11.5 Å². The minimum Gasteiger partial charge on any atom is -0.493 e. The summed E-state index contributed by atoms with van der Waals surface area (Å²) in [7, 11) is 3.27. The van der Waals surface area contributed by atoms with E-state index in [2.05, 4.69) is 21.2 Å². The highest BCUT2D eigenvalue weighted by atomic mass is 19.1. The van der Waals surface area contributed by atoms with Crippen LogP contribution in [-0.4, -0.2) is 69.2 Å².